The predicted molar refractivity (Wildman–Crippen MR) is 127 cm³/mol. The van der Waals surface area contributed by atoms with Gasteiger partial charge in [-0.05, 0) is 29.7 Å². The number of anilines is 1. The van der Waals surface area contributed by atoms with Crippen LogP contribution in [0.15, 0.2) is 48.4 Å². The number of aromatic nitrogens is 2. The van der Waals surface area contributed by atoms with E-state index in [1.807, 2.05) is 6.20 Å². The second-order valence-corrected chi connectivity index (χ2v) is 8.33. The highest BCUT2D eigenvalue weighted by molar-refractivity contribution is 6.03. The summed E-state index contributed by atoms with van der Waals surface area (Å²) in [5, 5.41) is 14.8. The molecule has 0 aliphatic carbocycles. The zero-order chi connectivity index (χ0) is 23.6. The fraction of sp³-hybridized carbons (Fsp3) is 0.111. The normalized spacial score (nSPS) is 16.4. The molecule has 1 atom stereocenters. The molecule has 1 fully saturated rings. The topological polar surface area (TPSA) is 61.3 Å². The first-order chi connectivity index (χ1) is 16.5. The van der Waals surface area contributed by atoms with Crippen LogP contribution in [0.3, 0.4) is 0 Å². The van der Waals surface area contributed by atoms with Gasteiger partial charge in [-0.2, -0.15) is 0 Å². The molecule has 2 aromatic carbocycles. The number of halogens is 2. The van der Waals surface area contributed by atoms with Crippen LogP contribution in [0.25, 0.3) is 32.9 Å². The van der Waals surface area contributed by atoms with Gasteiger partial charge in [0.2, 0.25) is 0 Å². The van der Waals surface area contributed by atoms with E-state index in [9.17, 15) is 9.50 Å². The van der Waals surface area contributed by atoms with Crippen LogP contribution < -0.4 is 10.2 Å². The lowest BCUT2D eigenvalue weighted by Gasteiger charge is -2.25. The first-order valence-electron chi connectivity index (χ1n) is 10.6. The highest BCUT2D eigenvalue weighted by Crippen LogP contribution is 2.40. The summed E-state index contributed by atoms with van der Waals surface area (Å²) < 4.78 is 30.6. The van der Waals surface area contributed by atoms with Gasteiger partial charge in [0.05, 0.1) is 11.3 Å². The van der Waals surface area contributed by atoms with Gasteiger partial charge in [0.25, 0.3) is 0 Å². The number of benzene rings is 2. The summed E-state index contributed by atoms with van der Waals surface area (Å²) in [5.41, 5.74) is 2.16. The van der Waals surface area contributed by atoms with Crippen LogP contribution in [0, 0.1) is 36.3 Å². The Morgan fingerprint density at radius 3 is 2.71 bits per heavy atom. The summed E-state index contributed by atoms with van der Waals surface area (Å²) in [6.07, 6.45) is 15.6. The summed E-state index contributed by atoms with van der Waals surface area (Å²) in [6, 6.07) is 7.49. The van der Waals surface area contributed by atoms with Crippen LogP contribution in [-0.2, 0) is 0 Å². The van der Waals surface area contributed by atoms with Crippen molar-refractivity contribution >= 4 is 27.4 Å². The van der Waals surface area contributed by atoms with Gasteiger partial charge in [0.15, 0.2) is 5.82 Å². The van der Waals surface area contributed by atoms with Crippen molar-refractivity contribution < 1.29 is 13.9 Å². The van der Waals surface area contributed by atoms with Crippen LogP contribution >= 0.6 is 0 Å². The summed E-state index contributed by atoms with van der Waals surface area (Å²) in [7, 11) is 0. The van der Waals surface area contributed by atoms with Crippen molar-refractivity contribution in [1.82, 2.24) is 15.3 Å². The molecule has 4 aromatic rings. The minimum absolute atomic E-state index is 0.0349. The monoisotopic (exact) mass is 450 g/mol. The van der Waals surface area contributed by atoms with E-state index in [1.54, 1.807) is 6.07 Å². The standard InChI is InChI=1S/C27H16F2N4O/c1-3-15-9-23(33-13-16-8-17(33)11-30-16)21-12-31-26(25(29)27(21)32-15)20-10-18(34)7-14-5-6-22(28)19(4-2)24(14)20/h1-2,5-7,9-12,16,30,34H,8,13H2. The number of fused-ring (bicyclic) bond motifs is 4. The number of pyridine rings is 2. The SMILES string of the molecule is C#Cc1cc(N2CC3CC2=CN3)c2cnc(-c3cc(O)cc4ccc(F)c(C#C)c34)c(F)c2n1. The number of phenols is 1. The third-order valence-electron chi connectivity index (χ3n) is 6.36. The van der Waals surface area contributed by atoms with Crippen LogP contribution in [0.4, 0.5) is 14.5 Å². The van der Waals surface area contributed by atoms with Crippen molar-refractivity contribution in [2.75, 3.05) is 11.4 Å². The molecule has 7 heteroatoms. The summed E-state index contributed by atoms with van der Waals surface area (Å²) >= 11 is 0. The number of nitrogens with one attached hydrogen (secondary N) is 1. The fourth-order valence-corrected chi connectivity index (χ4v) is 4.85. The molecule has 2 aromatic heterocycles. The molecule has 1 unspecified atom stereocenters. The van der Waals surface area contributed by atoms with E-state index in [1.165, 1.54) is 30.5 Å². The molecule has 0 spiro atoms. The molecule has 1 saturated heterocycles. The van der Waals surface area contributed by atoms with Gasteiger partial charge in [-0.1, -0.05) is 17.9 Å². The molecule has 5 nitrogen and oxygen atoms in total. The van der Waals surface area contributed by atoms with Gasteiger partial charge in [-0.15, -0.1) is 12.8 Å². The Labute approximate surface area is 193 Å². The Hall–Kier alpha value is -4.62. The lowest BCUT2D eigenvalue weighted by molar-refractivity contribution is 0.476. The molecule has 164 valence electrons. The minimum atomic E-state index is -0.730. The molecule has 0 radical (unpaired) electrons. The maximum atomic E-state index is 16.1. The molecule has 2 N–H and O–H groups in total. The molecule has 4 heterocycles. The van der Waals surface area contributed by atoms with Crippen molar-refractivity contribution in [2.24, 2.45) is 0 Å². The van der Waals surface area contributed by atoms with Gasteiger partial charge >= 0.3 is 0 Å². The first kappa shape index (κ1) is 20.0. The van der Waals surface area contributed by atoms with Crippen LogP contribution in [0.5, 0.6) is 5.75 Å². The van der Waals surface area contributed by atoms with Crippen molar-refractivity contribution in [3.05, 3.63) is 71.3 Å². The minimum Gasteiger partial charge on any atom is -0.508 e. The molecule has 0 amide bonds. The average molecular weight is 450 g/mol. The first-order valence-corrected chi connectivity index (χ1v) is 10.6. The van der Waals surface area contributed by atoms with Crippen molar-refractivity contribution in [1.29, 1.82) is 0 Å². The van der Waals surface area contributed by atoms with Gasteiger partial charge in [0, 0.05) is 53.4 Å². The summed E-state index contributed by atoms with van der Waals surface area (Å²) in [5.74, 6) is 3.36. The van der Waals surface area contributed by atoms with E-state index in [0.29, 0.717) is 16.8 Å². The van der Waals surface area contributed by atoms with Crippen LogP contribution in [0.1, 0.15) is 17.7 Å². The zero-order valence-electron chi connectivity index (χ0n) is 17.7. The molecule has 2 aliphatic heterocycles. The van der Waals surface area contributed by atoms with E-state index in [0.717, 1.165) is 24.4 Å². The van der Waals surface area contributed by atoms with Gasteiger partial charge in [-0.3, -0.25) is 4.98 Å². The zero-order valence-corrected chi connectivity index (χ0v) is 17.7. The fourth-order valence-electron chi connectivity index (χ4n) is 4.85. The Bertz CT molecular complexity index is 1660. The molecule has 0 saturated carbocycles. The molecular formula is C27H16F2N4O. The molecule has 34 heavy (non-hydrogen) atoms. The van der Waals surface area contributed by atoms with Gasteiger partial charge < -0.3 is 15.3 Å². The highest BCUT2D eigenvalue weighted by Gasteiger charge is 2.33. The number of rotatable bonds is 2. The summed E-state index contributed by atoms with van der Waals surface area (Å²) in [6.45, 7) is 0.723. The summed E-state index contributed by atoms with van der Waals surface area (Å²) in [4.78, 5) is 10.8. The largest absolute Gasteiger partial charge is 0.508 e. The Balaban J connectivity index is 1.65. The Morgan fingerprint density at radius 2 is 2.00 bits per heavy atom. The maximum Gasteiger partial charge on any atom is 0.175 e. The number of phenolic OH excluding ortho intramolecular Hbond substituents is 1. The second kappa shape index (κ2) is 7.19. The van der Waals surface area contributed by atoms with Crippen molar-refractivity contribution in [3.8, 4) is 41.7 Å². The average Bonchev–Trinajstić information content (AvgIpc) is 3.47. The highest BCUT2D eigenvalue weighted by atomic mass is 19.1. The lowest BCUT2D eigenvalue weighted by atomic mass is 9.95. The number of aromatic hydroxyl groups is 1. The lowest BCUT2D eigenvalue weighted by Crippen LogP contribution is -2.32. The van der Waals surface area contributed by atoms with Crippen molar-refractivity contribution in [3.63, 3.8) is 0 Å². The predicted octanol–water partition coefficient (Wildman–Crippen LogP) is 4.42. The number of hydrogen-bond acceptors (Lipinski definition) is 5. The van der Waals surface area contributed by atoms with E-state index in [4.69, 9.17) is 12.8 Å². The quantitative estimate of drug-likeness (QED) is 0.443. The van der Waals surface area contributed by atoms with E-state index < -0.39 is 11.6 Å². The van der Waals surface area contributed by atoms with E-state index in [-0.39, 0.29) is 39.2 Å². The van der Waals surface area contributed by atoms with Gasteiger partial charge in [0.1, 0.15) is 28.5 Å². The number of hydrogen-bond donors (Lipinski definition) is 2. The van der Waals surface area contributed by atoms with Crippen molar-refractivity contribution in [2.45, 2.75) is 12.5 Å². The third kappa shape index (κ3) is 2.81. The number of terminal acetylenes is 2. The van der Waals surface area contributed by atoms with Crippen LogP contribution in [-0.4, -0.2) is 27.7 Å². The third-order valence-corrected chi connectivity index (χ3v) is 6.36. The van der Waals surface area contributed by atoms with E-state index in [2.05, 4.69) is 32.0 Å². The molecular weight excluding hydrogens is 434 g/mol. The van der Waals surface area contributed by atoms with E-state index >= 15 is 4.39 Å². The smallest absolute Gasteiger partial charge is 0.175 e. The second-order valence-electron chi connectivity index (χ2n) is 8.33. The Kier molecular flexibility index (Phi) is 4.24. The molecule has 2 aliphatic rings. The molecule has 2 bridgehead atoms. The van der Waals surface area contributed by atoms with Gasteiger partial charge in [-0.25, -0.2) is 13.8 Å². The maximum absolute atomic E-state index is 16.1. The van der Waals surface area contributed by atoms with Crippen LogP contribution in [0.2, 0.25) is 0 Å². The Morgan fingerprint density at radius 1 is 1.15 bits per heavy atom. The molecule has 6 rings (SSSR count). The number of nitrogens with zero attached hydrogens (tertiary/aromatic N) is 3.